The maximum atomic E-state index is 2.49. The average molecular weight is 525 g/mol. The van der Waals surface area contributed by atoms with Crippen LogP contribution < -0.4 is 0 Å². The largest absolute Gasteiger partial charge is 0.0864 e. The molecule has 0 aliphatic rings. The molecule has 1 heteroatoms. The van der Waals surface area contributed by atoms with Crippen molar-refractivity contribution < 1.29 is 0 Å². The molecule has 0 heterocycles. The maximum Gasteiger partial charge on any atom is 0.0451 e. The van der Waals surface area contributed by atoms with Crippen molar-refractivity contribution in [3.8, 4) is 0 Å². The van der Waals surface area contributed by atoms with Crippen LogP contribution in [0, 0.1) is 0 Å². The molecule has 0 nitrogen and oxygen atoms in total. The van der Waals surface area contributed by atoms with Gasteiger partial charge in [0.2, 0.25) is 0 Å². The third kappa shape index (κ3) is 6.94. The Balaban J connectivity index is 1.70. The number of benzene rings is 3. The van der Waals surface area contributed by atoms with Crippen LogP contribution in [0.4, 0.5) is 0 Å². The van der Waals surface area contributed by atoms with Gasteiger partial charge in [0.25, 0.3) is 0 Å². The normalized spacial score (nSPS) is 11.5. The van der Waals surface area contributed by atoms with E-state index in [4.69, 9.17) is 0 Å². The molecule has 0 atom stereocenters. The van der Waals surface area contributed by atoms with E-state index in [1.54, 1.807) is 0 Å². The van der Waals surface area contributed by atoms with Gasteiger partial charge in [-0.05, 0) is 34.0 Å². The molecular weight excluding hydrogens is 487 g/mol. The molecule has 0 aromatic heterocycles. The summed E-state index contributed by atoms with van der Waals surface area (Å²) in [6.45, 7) is 0. The topological polar surface area (TPSA) is 0 Å². The van der Waals surface area contributed by atoms with Crippen molar-refractivity contribution in [2.45, 2.75) is 69.6 Å². The second-order valence-electron chi connectivity index (χ2n) is 8.62. The zero-order chi connectivity index (χ0) is 21.6. The molecule has 0 spiro atoms. The Morgan fingerprint density at radius 1 is 0.419 bits per heavy atom. The van der Waals surface area contributed by atoms with Crippen LogP contribution in [0.5, 0.6) is 0 Å². The SMILES string of the molecule is ICCCCCCCCCCCC(c1ccccc1)(c1ccccc1)c1ccccc1. The summed E-state index contributed by atoms with van der Waals surface area (Å²) in [4.78, 5) is 0. The molecular formula is C30H37I. The Bertz CT molecular complexity index is 729. The van der Waals surface area contributed by atoms with Gasteiger partial charge in [0, 0.05) is 5.41 Å². The summed E-state index contributed by atoms with van der Waals surface area (Å²) in [5, 5.41) is 0. The minimum atomic E-state index is -0.0801. The van der Waals surface area contributed by atoms with E-state index in [1.807, 2.05) is 0 Å². The van der Waals surface area contributed by atoms with Gasteiger partial charge in [-0.25, -0.2) is 0 Å². The minimum Gasteiger partial charge on any atom is -0.0864 e. The van der Waals surface area contributed by atoms with E-state index in [-0.39, 0.29) is 5.41 Å². The fourth-order valence-electron chi connectivity index (χ4n) is 4.82. The van der Waals surface area contributed by atoms with Crippen LogP contribution in [0.3, 0.4) is 0 Å². The third-order valence-corrected chi connectivity index (χ3v) is 7.25. The number of halogens is 1. The van der Waals surface area contributed by atoms with Crippen LogP contribution in [-0.4, -0.2) is 4.43 Å². The smallest absolute Gasteiger partial charge is 0.0451 e. The lowest BCUT2D eigenvalue weighted by Crippen LogP contribution is -2.29. The lowest BCUT2D eigenvalue weighted by molar-refractivity contribution is 0.494. The number of alkyl halides is 1. The summed E-state index contributed by atoms with van der Waals surface area (Å²) >= 11 is 2.49. The van der Waals surface area contributed by atoms with E-state index in [0.717, 1.165) is 6.42 Å². The highest BCUT2D eigenvalue weighted by Gasteiger charge is 2.35. The van der Waals surface area contributed by atoms with Gasteiger partial charge in [-0.2, -0.15) is 0 Å². The van der Waals surface area contributed by atoms with Gasteiger partial charge in [0.05, 0.1) is 0 Å². The van der Waals surface area contributed by atoms with Gasteiger partial charge < -0.3 is 0 Å². The van der Waals surface area contributed by atoms with Crippen LogP contribution >= 0.6 is 22.6 Å². The molecule has 31 heavy (non-hydrogen) atoms. The average Bonchev–Trinajstić information content (AvgIpc) is 2.84. The Hall–Kier alpha value is -1.61. The minimum absolute atomic E-state index is 0.0801. The van der Waals surface area contributed by atoms with Crippen LogP contribution in [0.2, 0.25) is 0 Å². The van der Waals surface area contributed by atoms with Crippen molar-refractivity contribution >= 4 is 22.6 Å². The Morgan fingerprint density at radius 3 is 1.10 bits per heavy atom. The summed E-state index contributed by atoms with van der Waals surface area (Å²) < 4.78 is 1.31. The number of rotatable bonds is 14. The van der Waals surface area contributed by atoms with Gasteiger partial charge in [-0.3, -0.25) is 0 Å². The van der Waals surface area contributed by atoms with E-state index in [1.165, 1.54) is 78.9 Å². The number of hydrogen-bond donors (Lipinski definition) is 0. The van der Waals surface area contributed by atoms with E-state index < -0.39 is 0 Å². The van der Waals surface area contributed by atoms with Crippen LogP contribution in [0.25, 0.3) is 0 Å². The van der Waals surface area contributed by atoms with Gasteiger partial charge in [0.15, 0.2) is 0 Å². The molecule has 0 amide bonds. The van der Waals surface area contributed by atoms with Gasteiger partial charge in [-0.15, -0.1) is 0 Å². The molecule has 0 unspecified atom stereocenters. The highest BCUT2D eigenvalue weighted by molar-refractivity contribution is 14.1. The first-order chi connectivity index (χ1) is 15.4. The molecule has 3 rings (SSSR count). The standard InChI is InChI=1S/C30H37I/c31-26-18-7-5-3-1-2-4-6-17-25-30(27-19-11-8-12-20-27,28-21-13-9-14-22-28)29-23-15-10-16-24-29/h8-16,19-24H,1-7,17-18,25-26H2. The molecule has 0 fully saturated rings. The molecule has 0 saturated heterocycles. The summed E-state index contributed by atoms with van der Waals surface area (Å²) in [5.74, 6) is 0. The fourth-order valence-corrected chi connectivity index (χ4v) is 5.36. The monoisotopic (exact) mass is 524 g/mol. The number of unbranched alkanes of at least 4 members (excludes halogenated alkanes) is 8. The van der Waals surface area contributed by atoms with Crippen molar-refractivity contribution in [2.24, 2.45) is 0 Å². The zero-order valence-electron chi connectivity index (χ0n) is 18.8. The predicted octanol–water partition coefficient (Wildman–Crippen LogP) is 9.36. The first kappa shape index (κ1) is 24.0. The Labute approximate surface area is 203 Å². The zero-order valence-corrected chi connectivity index (χ0v) is 21.0. The summed E-state index contributed by atoms with van der Waals surface area (Å²) in [5.41, 5.74) is 4.14. The highest BCUT2D eigenvalue weighted by Crippen LogP contribution is 2.43. The van der Waals surface area contributed by atoms with E-state index >= 15 is 0 Å². The van der Waals surface area contributed by atoms with Crippen LogP contribution in [0.15, 0.2) is 91.0 Å². The summed E-state index contributed by atoms with van der Waals surface area (Å²) in [6.07, 6.45) is 13.5. The Morgan fingerprint density at radius 2 is 0.742 bits per heavy atom. The second kappa shape index (κ2) is 13.7. The lowest BCUT2D eigenvalue weighted by atomic mass is 9.66. The van der Waals surface area contributed by atoms with E-state index in [2.05, 4.69) is 114 Å². The first-order valence-corrected chi connectivity index (χ1v) is 13.6. The van der Waals surface area contributed by atoms with Crippen molar-refractivity contribution in [2.75, 3.05) is 4.43 Å². The molecule has 0 bridgehead atoms. The molecule has 0 aliphatic carbocycles. The molecule has 164 valence electrons. The quantitative estimate of drug-likeness (QED) is 0.0853. The molecule has 0 saturated carbocycles. The highest BCUT2D eigenvalue weighted by atomic mass is 127. The van der Waals surface area contributed by atoms with E-state index in [0.29, 0.717) is 0 Å². The van der Waals surface area contributed by atoms with E-state index in [9.17, 15) is 0 Å². The molecule has 3 aromatic rings. The van der Waals surface area contributed by atoms with Crippen molar-refractivity contribution in [1.29, 1.82) is 0 Å². The van der Waals surface area contributed by atoms with Gasteiger partial charge in [-0.1, -0.05) is 165 Å². The number of hydrogen-bond acceptors (Lipinski definition) is 0. The molecule has 0 N–H and O–H groups in total. The third-order valence-electron chi connectivity index (χ3n) is 6.49. The van der Waals surface area contributed by atoms with Crippen molar-refractivity contribution in [1.82, 2.24) is 0 Å². The second-order valence-corrected chi connectivity index (χ2v) is 9.70. The van der Waals surface area contributed by atoms with Crippen LogP contribution in [0.1, 0.15) is 80.9 Å². The molecule has 3 aromatic carbocycles. The summed E-state index contributed by atoms with van der Waals surface area (Å²) in [6, 6.07) is 33.4. The van der Waals surface area contributed by atoms with Gasteiger partial charge >= 0.3 is 0 Å². The van der Waals surface area contributed by atoms with Crippen molar-refractivity contribution in [3.63, 3.8) is 0 Å². The first-order valence-electron chi connectivity index (χ1n) is 12.1. The summed E-state index contributed by atoms with van der Waals surface area (Å²) in [7, 11) is 0. The van der Waals surface area contributed by atoms with Crippen LogP contribution in [-0.2, 0) is 5.41 Å². The molecule has 0 aliphatic heterocycles. The molecule has 0 radical (unpaired) electrons. The van der Waals surface area contributed by atoms with Crippen molar-refractivity contribution in [3.05, 3.63) is 108 Å². The fraction of sp³-hybridized carbons (Fsp3) is 0.400. The Kier molecular flexibility index (Phi) is 10.6. The lowest BCUT2D eigenvalue weighted by Gasteiger charge is -2.36. The maximum absolute atomic E-state index is 2.49. The predicted molar refractivity (Wildman–Crippen MR) is 144 cm³/mol. The van der Waals surface area contributed by atoms with Gasteiger partial charge in [0.1, 0.15) is 0 Å².